The van der Waals surface area contributed by atoms with Crippen LogP contribution in [0, 0.1) is 17.2 Å². The summed E-state index contributed by atoms with van der Waals surface area (Å²) in [5.41, 5.74) is -3.72. The summed E-state index contributed by atoms with van der Waals surface area (Å²) in [6, 6.07) is -1.05. The van der Waals surface area contributed by atoms with Crippen LogP contribution in [0.3, 0.4) is 0 Å². The van der Waals surface area contributed by atoms with Gasteiger partial charge in [-0.1, -0.05) is 27.7 Å². The van der Waals surface area contributed by atoms with E-state index >= 15 is 4.39 Å². The second-order valence-electron chi connectivity index (χ2n) is 8.21. The number of rotatable bonds is 7. The number of fused-ring (bicyclic) bond motifs is 1. The molecule has 1 aliphatic carbocycles. The molecule has 2 amide bonds. The van der Waals surface area contributed by atoms with Gasteiger partial charge < -0.3 is 24.9 Å². The number of nitrogens with one attached hydrogen (secondary N) is 2. The first kappa shape index (κ1) is 24.7. The summed E-state index contributed by atoms with van der Waals surface area (Å²) in [7, 11) is 0. The van der Waals surface area contributed by atoms with Gasteiger partial charge in [0.25, 0.3) is 0 Å². The molecule has 0 bridgehead atoms. The first-order chi connectivity index (χ1) is 15.5. The maximum atomic E-state index is 15.7. The fourth-order valence-electron chi connectivity index (χ4n) is 3.47. The summed E-state index contributed by atoms with van der Waals surface area (Å²) in [5.74, 6) is -3.12. The van der Waals surface area contributed by atoms with Gasteiger partial charge in [0.15, 0.2) is 29.9 Å². The summed E-state index contributed by atoms with van der Waals surface area (Å²) in [6.07, 6.45) is -1.89. The van der Waals surface area contributed by atoms with Gasteiger partial charge >= 0.3 is 18.0 Å². The lowest BCUT2D eigenvalue weighted by Gasteiger charge is -2.24. The van der Waals surface area contributed by atoms with Crippen LogP contribution in [-0.4, -0.2) is 80.4 Å². The van der Waals surface area contributed by atoms with Crippen LogP contribution < -0.4 is 5.32 Å². The Morgan fingerprint density at radius 3 is 2.52 bits per heavy atom. The van der Waals surface area contributed by atoms with E-state index in [9.17, 15) is 14.4 Å². The van der Waals surface area contributed by atoms with Crippen molar-refractivity contribution in [3.63, 3.8) is 0 Å². The van der Waals surface area contributed by atoms with Crippen molar-refractivity contribution in [2.45, 2.75) is 57.4 Å². The van der Waals surface area contributed by atoms with Crippen molar-refractivity contribution in [1.82, 2.24) is 20.1 Å². The molecule has 0 spiro atoms. The molecule has 5 unspecified atom stereocenters. The van der Waals surface area contributed by atoms with Gasteiger partial charge in [-0.3, -0.25) is 9.59 Å². The number of aliphatic imine (C=N–C) groups is 1. The van der Waals surface area contributed by atoms with Gasteiger partial charge in [-0.2, -0.15) is 10.1 Å². The van der Waals surface area contributed by atoms with Crippen LogP contribution in [0.15, 0.2) is 17.6 Å². The Hall–Kier alpha value is -2.93. The van der Waals surface area contributed by atoms with E-state index in [1.54, 1.807) is 27.7 Å². The van der Waals surface area contributed by atoms with Crippen molar-refractivity contribution in [2.24, 2.45) is 16.8 Å². The van der Waals surface area contributed by atoms with Crippen LogP contribution in [0.4, 0.5) is 9.18 Å². The highest BCUT2D eigenvalue weighted by Gasteiger charge is 2.93. The van der Waals surface area contributed by atoms with Gasteiger partial charge in [-0.05, 0) is 0 Å². The Morgan fingerprint density at radius 2 is 2.00 bits per heavy atom. The number of urea groups is 1. The Morgan fingerprint density at radius 1 is 1.33 bits per heavy atom. The van der Waals surface area contributed by atoms with Crippen LogP contribution in [0.25, 0.3) is 0 Å². The predicted molar refractivity (Wildman–Crippen MR) is 112 cm³/mol. The van der Waals surface area contributed by atoms with Crippen LogP contribution in [0.1, 0.15) is 27.7 Å². The van der Waals surface area contributed by atoms with Gasteiger partial charge in [-0.25, -0.2) is 18.9 Å². The van der Waals surface area contributed by atoms with Gasteiger partial charge in [-0.15, -0.1) is 11.6 Å². The van der Waals surface area contributed by atoms with Gasteiger partial charge in [0.2, 0.25) is 5.60 Å². The minimum atomic E-state index is -2.13. The van der Waals surface area contributed by atoms with E-state index in [4.69, 9.17) is 31.2 Å². The molecule has 12 nitrogen and oxygen atoms in total. The zero-order valence-corrected chi connectivity index (χ0v) is 19.1. The number of ether oxygens (including phenoxy) is 3. The van der Waals surface area contributed by atoms with Crippen LogP contribution in [0.2, 0.25) is 0 Å². The van der Waals surface area contributed by atoms with Gasteiger partial charge in [0.05, 0.1) is 23.9 Å². The molecule has 2 heterocycles. The first-order valence-corrected chi connectivity index (χ1v) is 10.6. The third kappa shape index (κ3) is 4.10. The van der Waals surface area contributed by atoms with Gasteiger partial charge in [0, 0.05) is 0 Å². The van der Waals surface area contributed by atoms with E-state index in [1.807, 2.05) is 0 Å². The van der Waals surface area contributed by atoms with Crippen molar-refractivity contribution in [3.05, 3.63) is 12.7 Å². The largest absolute Gasteiger partial charge is 0.454 e. The van der Waals surface area contributed by atoms with E-state index in [2.05, 4.69) is 20.4 Å². The number of amides is 2. The zero-order valence-electron chi connectivity index (χ0n) is 18.3. The molecular weight excluding hydrogens is 463 g/mol. The van der Waals surface area contributed by atoms with E-state index in [-0.39, 0.29) is 11.7 Å². The van der Waals surface area contributed by atoms with Crippen LogP contribution >= 0.6 is 11.6 Å². The number of aromatic nitrogens is 3. The molecule has 1 saturated carbocycles. The Balaban J connectivity index is 1.85. The molecule has 33 heavy (non-hydrogen) atoms. The maximum Gasteiger partial charge on any atom is 0.345 e. The molecule has 5 atom stereocenters. The summed E-state index contributed by atoms with van der Waals surface area (Å²) < 4.78 is 33.3. The molecule has 1 aromatic heterocycles. The number of halogens is 2. The molecule has 0 radical (unpaired) electrons. The maximum absolute atomic E-state index is 15.7. The van der Waals surface area contributed by atoms with Crippen molar-refractivity contribution in [1.29, 1.82) is 5.41 Å². The molecule has 1 aliphatic heterocycles. The second kappa shape index (κ2) is 9.14. The Kier molecular flexibility index (Phi) is 6.84. The highest BCUT2D eigenvalue weighted by atomic mass is 35.5. The van der Waals surface area contributed by atoms with E-state index in [1.165, 1.54) is 12.7 Å². The SMILES string of the molecule is CC(C)C(=O)OC1C2(CCl)OC(NC(=O)N=C(C=N)n3cncn3)C(F)C12OC(=O)C(C)C. The molecule has 180 valence electrons. The van der Waals surface area contributed by atoms with Crippen molar-refractivity contribution < 1.29 is 33.0 Å². The molecule has 14 heteroatoms. The number of alkyl halides is 2. The number of carbonyl (C=O) groups excluding carboxylic acids is 3. The summed E-state index contributed by atoms with van der Waals surface area (Å²) in [4.78, 5) is 44.2. The molecule has 2 aliphatic rings. The smallest absolute Gasteiger partial charge is 0.345 e. The van der Waals surface area contributed by atoms with E-state index < -0.39 is 59.5 Å². The number of carbonyl (C=O) groups is 3. The molecule has 1 aromatic rings. The monoisotopic (exact) mass is 486 g/mol. The number of esters is 2. The Bertz CT molecular complexity index is 972. The molecule has 0 aromatic carbocycles. The molecule has 1 saturated heterocycles. The predicted octanol–water partition coefficient (Wildman–Crippen LogP) is 1.08. The molecular formula is C19H24ClFN6O6. The van der Waals surface area contributed by atoms with Crippen LogP contribution in [-0.2, 0) is 23.8 Å². The summed E-state index contributed by atoms with van der Waals surface area (Å²) in [5, 5.41) is 13.4. The third-order valence-corrected chi connectivity index (χ3v) is 5.71. The number of nitrogens with zero attached hydrogens (tertiary/aromatic N) is 4. The highest BCUT2D eigenvalue weighted by Crippen LogP contribution is 2.65. The van der Waals surface area contributed by atoms with E-state index in [0.29, 0.717) is 0 Å². The lowest BCUT2D eigenvalue weighted by atomic mass is 10.1. The fraction of sp³-hybridized carbons (Fsp3) is 0.632. The number of hydrogen-bond acceptors (Lipinski definition) is 9. The standard InChI is InChI=1S/C19H24ClFN6O6/c1-9(2)14(28)31-16-18(6-20)19(16,33-15(29)10(3)4)12(21)13(32-18)26-17(30)25-11(5-22)27-8-23-7-24-27/h5,7-10,12-13,16,22H,6H2,1-4H3,(H,26,30). The first-order valence-electron chi connectivity index (χ1n) is 10.1. The minimum absolute atomic E-state index is 0.194. The second-order valence-corrected chi connectivity index (χ2v) is 8.48. The van der Waals surface area contributed by atoms with E-state index in [0.717, 1.165) is 10.9 Å². The normalized spacial score (nSPS) is 30.7. The van der Waals surface area contributed by atoms with Crippen molar-refractivity contribution >= 4 is 41.6 Å². The van der Waals surface area contributed by atoms with Crippen LogP contribution in [0.5, 0.6) is 0 Å². The van der Waals surface area contributed by atoms with Gasteiger partial charge in [0.1, 0.15) is 12.7 Å². The Labute approximate surface area is 193 Å². The lowest BCUT2D eigenvalue weighted by molar-refractivity contribution is -0.170. The topological polar surface area (TPSA) is 158 Å². The van der Waals surface area contributed by atoms with Crippen molar-refractivity contribution in [3.8, 4) is 0 Å². The van der Waals surface area contributed by atoms with Crippen molar-refractivity contribution in [2.75, 3.05) is 5.88 Å². The number of hydrogen-bond donors (Lipinski definition) is 2. The average molecular weight is 487 g/mol. The lowest BCUT2D eigenvalue weighted by Crippen LogP contribution is -2.48. The zero-order chi connectivity index (χ0) is 24.6. The molecule has 3 rings (SSSR count). The fourth-order valence-corrected chi connectivity index (χ4v) is 3.88. The minimum Gasteiger partial charge on any atom is -0.454 e. The third-order valence-electron chi connectivity index (χ3n) is 5.31. The summed E-state index contributed by atoms with van der Waals surface area (Å²) >= 11 is 6.08. The molecule has 2 N–H and O–H groups in total. The quantitative estimate of drug-likeness (QED) is 0.251. The average Bonchev–Trinajstić information content (AvgIpc) is 3.11. The summed E-state index contributed by atoms with van der Waals surface area (Å²) in [6.45, 7) is 6.29. The highest BCUT2D eigenvalue weighted by molar-refractivity contribution is 6.30. The molecule has 2 fully saturated rings.